The van der Waals surface area contributed by atoms with E-state index in [-0.39, 0.29) is 30.5 Å². The van der Waals surface area contributed by atoms with Crippen LogP contribution in [0.5, 0.6) is 0 Å². The number of likely N-dealkylation sites (tertiary alicyclic amines) is 1. The predicted molar refractivity (Wildman–Crippen MR) is 84.5 cm³/mol. The minimum absolute atomic E-state index is 0.0987. The Bertz CT molecular complexity index is 531. The lowest BCUT2D eigenvalue weighted by Gasteiger charge is -2.46. The molecule has 126 valence electrons. The second-order valence-corrected chi connectivity index (χ2v) is 8.93. The molecule has 0 radical (unpaired) electrons. The minimum Gasteiger partial charge on any atom is -0.385 e. The number of hydrogen-bond acceptors (Lipinski definition) is 6. The Morgan fingerprint density at radius 1 is 1.23 bits per heavy atom. The van der Waals surface area contributed by atoms with E-state index in [0.717, 1.165) is 0 Å². The van der Waals surface area contributed by atoms with Crippen molar-refractivity contribution in [2.45, 2.75) is 5.60 Å². The van der Waals surface area contributed by atoms with Gasteiger partial charge in [0.1, 0.15) is 5.60 Å². The lowest BCUT2D eigenvalue weighted by Crippen LogP contribution is -2.66. The van der Waals surface area contributed by atoms with Gasteiger partial charge in [0.2, 0.25) is 5.91 Å². The number of rotatable bonds is 6. The number of sulfone groups is 1. The first-order valence-electron chi connectivity index (χ1n) is 7.15. The molecule has 0 aromatic rings. The quantitative estimate of drug-likeness (QED) is 0.614. The molecule has 9 heteroatoms. The fourth-order valence-electron chi connectivity index (χ4n) is 2.68. The van der Waals surface area contributed by atoms with Gasteiger partial charge in [-0.1, -0.05) is 18.2 Å². The van der Waals surface area contributed by atoms with Gasteiger partial charge in [-0.2, -0.15) is 0 Å². The van der Waals surface area contributed by atoms with Gasteiger partial charge in [-0.05, 0) is 0 Å². The highest BCUT2D eigenvalue weighted by Gasteiger charge is 2.41. The van der Waals surface area contributed by atoms with Crippen LogP contribution in [-0.2, 0) is 14.6 Å². The Labute approximate surface area is 135 Å². The number of halogens is 1. The summed E-state index contributed by atoms with van der Waals surface area (Å²) in [6, 6.07) is 0. The average Bonchev–Trinajstić information content (AvgIpc) is 2.37. The lowest BCUT2D eigenvalue weighted by atomic mass is 9.94. The van der Waals surface area contributed by atoms with E-state index in [1.165, 1.54) is 0 Å². The first-order valence-corrected chi connectivity index (χ1v) is 9.35. The van der Waals surface area contributed by atoms with Crippen LogP contribution in [0.3, 0.4) is 0 Å². The van der Waals surface area contributed by atoms with Crippen LogP contribution in [0.25, 0.3) is 0 Å². The van der Waals surface area contributed by atoms with E-state index in [2.05, 4.69) is 11.9 Å². The number of aliphatic hydroxyl groups is 1. The van der Waals surface area contributed by atoms with E-state index in [1.54, 1.807) is 0 Å². The fourth-order valence-corrected chi connectivity index (χ4v) is 4.13. The molecule has 2 rings (SSSR count). The van der Waals surface area contributed by atoms with Crippen molar-refractivity contribution in [3.05, 3.63) is 11.6 Å². The number of amides is 1. The summed E-state index contributed by atoms with van der Waals surface area (Å²) < 4.78 is 22.6. The highest BCUT2D eigenvalue weighted by atomic mass is 35.5. The summed E-state index contributed by atoms with van der Waals surface area (Å²) in [5.74, 6) is -0.00359. The second-order valence-electron chi connectivity index (χ2n) is 6.09. The lowest BCUT2D eigenvalue weighted by molar-refractivity contribution is -0.127. The summed E-state index contributed by atoms with van der Waals surface area (Å²) in [6.45, 7) is 6.12. The summed E-state index contributed by atoms with van der Waals surface area (Å²) in [5.41, 5.74) is -0.923. The number of carbonyl (C=O) groups excluding carboxylic acids is 1. The van der Waals surface area contributed by atoms with Gasteiger partial charge < -0.3 is 10.4 Å². The Morgan fingerprint density at radius 3 is 2.36 bits per heavy atom. The molecule has 2 heterocycles. The van der Waals surface area contributed by atoms with Crippen LogP contribution in [-0.4, -0.2) is 92.2 Å². The summed E-state index contributed by atoms with van der Waals surface area (Å²) in [7, 11) is -2.93. The highest BCUT2D eigenvalue weighted by Crippen LogP contribution is 2.21. The molecule has 0 atom stereocenters. The van der Waals surface area contributed by atoms with Gasteiger partial charge in [-0.3, -0.25) is 14.6 Å². The van der Waals surface area contributed by atoms with Crippen LogP contribution < -0.4 is 5.32 Å². The van der Waals surface area contributed by atoms with Crippen molar-refractivity contribution in [1.29, 1.82) is 0 Å². The molecule has 2 aliphatic rings. The molecule has 0 unspecified atom stereocenters. The van der Waals surface area contributed by atoms with Crippen LogP contribution in [0.1, 0.15) is 0 Å². The third-order valence-electron chi connectivity index (χ3n) is 3.85. The third-order valence-corrected chi connectivity index (χ3v) is 5.58. The molecule has 1 amide bonds. The first-order chi connectivity index (χ1) is 10.2. The molecule has 22 heavy (non-hydrogen) atoms. The Hall–Kier alpha value is -0.670. The summed E-state index contributed by atoms with van der Waals surface area (Å²) >= 11 is 5.70. The van der Waals surface area contributed by atoms with Gasteiger partial charge >= 0.3 is 0 Å². The molecular formula is C13H22ClN3O4S. The maximum Gasteiger partial charge on any atom is 0.234 e. The van der Waals surface area contributed by atoms with Gasteiger partial charge in [0.15, 0.2) is 9.84 Å². The molecule has 2 aliphatic heterocycles. The highest BCUT2D eigenvalue weighted by molar-refractivity contribution is 7.91. The van der Waals surface area contributed by atoms with Crippen molar-refractivity contribution >= 4 is 27.3 Å². The molecular weight excluding hydrogens is 330 g/mol. The Kier molecular flexibility index (Phi) is 5.50. The topological polar surface area (TPSA) is 89.9 Å². The zero-order valence-electron chi connectivity index (χ0n) is 12.4. The van der Waals surface area contributed by atoms with Gasteiger partial charge in [0.25, 0.3) is 0 Å². The Morgan fingerprint density at radius 2 is 1.82 bits per heavy atom. The molecule has 0 spiro atoms. The number of nitrogens with one attached hydrogen (secondary N) is 1. The SMILES string of the molecule is C=C(Cl)CN1CC(O)(CNC(=O)CN2CCS(=O)(=O)CC2)C1. The predicted octanol–water partition coefficient (Wildman–Crippen LogP) is -1.37. The van der Waals surface area contributed by atoms with Crippen molar-refractivity contribution in [3.63, 3.8) is 0 Å². The third kappa shape index (κ3) is 5.20. The largest absolute Gasteiger partial charge is 0.385 e. The summed E-state index contributed by atoms with van der Waals surface area (Å²) in [5, 5.41) is 13.4. The number of nitrogens with zero attached hydrogens (tertiary/aromatic N) is 2. The number of hydrogen-bond donors (Lipinski definition) is 2. The normalized spacial score (nSPS) is 24.5. The molecule has 0 aromatic carbocycles. The Balaban J connectivity index is 1.65. The maximum absolute atomic E-state index is 11.9. The van der Waals surface area contributed by atoms with E-state index in [9.17, 15) is 18.3 Å². The van der Waals surface area contributed by atoms with Gasteiger partial charge in [-0.15, -0.1) is 0 Å². The maximum atomic E-state index is 11.9. The first kappa shape index (κ1) is 17.7. The van der Waals surface area contributed by atoms with Crippen LogP contribution in [0, 0.1) is 0 Å². The van der Waals surface area contributed by atoms with Crippen LogP contribution in [0.4, 0.5) is 0 Å². The molecule has 0 aliphatic carbocycles. The van der Waals surface area contributed by atoms with Crippen LogP contribution >= 0.6 is 11.6 Å². The number of β-amino-alcohol motifs (C(OH)–C–C–N with tert-alkyl or cyclic N) is 1. The van der Waals surface area contributed by atoms with Crippen molar-refractivity contribution in [3.8, 4) is 0 Å². The van der Waals surface area contributed by atoms with Crippen molar-refractivity contribution in [1.82, 2.24) is 15.1 Å². The van der Waals surface area contributed by atoms with Crippen molar-refractivity contribution < 1.29 is 18.3 Å². The van der Waals surface area contributed by atoms with E-state index >= 15 is 0 Å². The van der Waals surface area contributed by atoms with Crippen molar-refractivity contribution in [2.24, 2.45) is 0 Å². The molecule has 2 saturated heterocycles. The molecule has 7 nitrogen and oxygen atoms in total. The monoisotopic (exact) mass is 351 g/mol. The summed E-state index contributed by atoms with van der Waals surface area (Å²) in [4.78, 5) is 15.6. The van der Waals surface area contributed by atoms with E-state index in [4.69, 9.17) is 11.6 Å². The molecule has 0 bridgehead atoms. The van der Waals surface area contributed by atoms with Gasteiger partial charge in [0.05, 0.1) is 18.1 Å². The second kappa shape index (κ2) is 6.84. The smallest absolute Gasteiger partial charge is 0.234 e. The standard InChI is InChI=1S/C13H22ClN3O4S/c1-11(14)6-17-9-13(19,10-17)8-15-12(18)7-16-2-4-22(20,21)5-3-16/h19H,1-10H2,(H,15,18). The zero-order valence-corrected chi connectivity index (χ0v) is 14.0. The van der Waals surface area contributed by atoms with Crippen molar-refractivity contribution in [2.75, 3.05) is 57.3 Å². The van der Waals surface area contributed by atoms with E-state index in [1.807, 2.05) is 9.80 Å². The van der Waals surface area contributed by atoms with Gasteiger partial charge in [0, 0.05) is 44.3 Å². The number of carbonyl (C=O) groups is 1. The van der Waals surface area contributed by atoms with Gasteiger partial charge in [-0.25, -0.2) is 8.42 Å². The molecule has 2 N–H and O–H groups in total. The fraction of sp³-hybridized carbons (Fsp3) is 0.769. The van der Waals surface area contributed by atoms with Crippen LogP contribution in [0.15, 0.2) is 11.6 Å². The molecule has 0 aromatic heterocycles. The zero-order chi connectivity index (χ0) is 16.4. The minimum atomic E-state index is -2.93. The van der Waals surface area contributed by atoms with E-state index < -0.39 is 15.4 Å². The molecule has 0 saturated carbocycles. The van der Waals surface area contributed by atoms with Crippen LogP contribution in [0.2, 0.25) is 0 Å². The molecule has 2 fully saturated rings. The summed E-state index contributed by atoms with van der Waals surface area (Å²) in [6.07, 6.45) is 0. The van der Waals surface area contributed by atoms with E-state index in [0.29, 0.717) is 37.8 Å². The average molecular weight is 352 g/mol.